The highest BCUT2D eigenvalue weighted by atomic mass is 16.5. The third-order valence-corrected chi connectivity index (χ3v) is 15.1. The summed E-state index contributed by atoms with van der Waals surface area (Å²) in [7, 11) is 0. The van der Waals surface area contributed by atoms with Crippen LogP contribution in [0.15, 0.2) is 194 Å². The van der Waals surface area contributed by atoms with Crippen molar-refractivity contribution < 1.29 is 9.30 Å². The van der Waals surface area contributed by atoms with Crippen LogP contribution in [0, 0.1) is 6.33 Å². The van der Waals surface area contributed by atoms with E-state index in [0.717, 1.165) is 56.5 Å². The quantitative estimate of drug-likeness (QED) is 0.0957. The van der Waals surface area contributed by atoms with Gasteiger partial charge in [0, 0.05) is 39.3 Å². The maximum atomic E-state index is 6.96. The van der Waals surface area contributed by atoms with Crippen LogP contribution >= 0.6 is 0 Å². The minimum Gasteiger partial charge on any atom is -0.458 e. The maximum Gasteiger partial charge on any atom is 0.269 e. The van der Waals surface area contributed by atoms with Crippen molar-refractivity contribution >= 4 is 21.8 Å². The number of para-hydroxylation sites is 1. The number of hydrogen-bond acceptors (Lipinski definition) is 2. The molecule has 0 N–H and O–H groups in total. The second kappa shape index (κ2) is 18.0. The number of ether oxygens (including phenoxy) is 1. The zero-order chi connectivity index (χ0) is 50.8. The minimum absolute atomic E-state index is 0.0287. The monoisotopic (exact) mass is 945 g/mol. The highest BCUT2D eigenvalue weighted by Gasteiger charge is 2.40. The molecule has 0 atom stereocenters. The van der Waals surface area contributed by atoms with Crippen molar-refractivity contribution in [1.82, 2.24) is 14.1 Å². The summed E-state index contributed by atoms with van der Waals surface area (Å²) in [6, 6.07) is 67.8. The molecule has 0 saturated heterocycles. The van der Waals surface area contributed by atoms with E-state index in [1.807, 2.05) is 6.20 Å². The fourth-order valence-corrected chi connectivity index (χ4v) is 10.6. The molecule has 0 spiro atoms. The van der Waals surface area contributed by atoms with Crippen LogP contribution in [0.1, 0.15) is 128 Å². The summed E-state index contributed by atoms with van der Waals surface area (Å²) in [6.45, 7) is 27.8. The van der Waals surface area contributed by atoms with Gasteiger partial charge in [0.05, 0.1) is 33.8 Å². The topological polar surface area (TPSA) is 35.9 Å². The summed E-state index contributed by atoms with van der Waals surface area (Å²) in [4.78, 5) is 4.93. The van der Waals surface area contributed by atoms with Crippen LogP contribution in [-0.2, 0) is 27.1 Å². The molecule has 0 unspecified atom stereocenters. The summed E-state index contributed by atoms with van der Waals surface area (Å²) < 4.78 is 13.9. The molecule has 72 heavy (non-hydrogen) atoms. The summed E-state index contributed by atoms with van der Waals surface area (Å²) in [6.07, 6.45) is 6.00. The van der Waals surface area contributed by atoms with Crippen molar-refractivity contribution in [2.45, 2.75) is 110 Å². The van der Waals surface area contributed by atoms with Crippen LogP contribution in [0.25, 0.3) is 39.0 Å². The van der Waals surface area contributed by atoms with Crippen molar-refractivity contribution in [1.29, 1.82) is 0 Å². The lowest BCUT2D eigenvalue weighted by atomic mass is 9.72. The first-order valence-electron chi connectivity index (χ1n) is 25.5. The van der Waals surface area contributed by atoms with Crippen LogP contribution in [0.3, 0.4) is 0 Å². The summed E-state index contributed by atoms with van der Waals surface area (Å²) in [5, 5.41) is 2.32. The standard InChI is InChI=1S/C67H68N4O/c1-63(2,3)49-37-38-68-60(42-49)71-58-34-23-22-33-56(58)57-36-35-55(44-59(57)71)72-54-32-24-31-52(43-54)69-45-70(53-40-50(64(4,5)6)39-51(41-53)65(7,8)46-25-16-13-17-26-46)62(67(11,12)48-29-20-15-21-30-48)61(69)66(9,10)47-27-18-14-19-28-47/h13-44H,1-12H3. The van der Waals surface area contributed by atoms with Crippen molar-refractivity contribution in [3.8, 4) is 28.7 Å². The molecule has 0 aliphatic heterocycles. The van der Waals surface area contributed by atoms with Gasteiger partial charge in [-0.3, -0.25) is 13.7 Å². The number of nitrogens with zero attached hydrogens (tertiary/aromatic N) is 4. The Bertz CT molecular complexity index is 3580. The number of aromatic nitrogens is 4. The lowest BCUT2D eigenvalue weighted by Crippen LogP contribution is -2.43. The number of rotatable bonds is 11. The first-order chi connectivity index (χ1) is 34.2. The smallest absolute Gasteiger partial charge is 0.269 e. The molecule has 0 fully saturated rings. The van der Waals surface area contributed by atoms with Crippen LogP contribution < -0.4 is 9.30 Å². The van der Waals surface area contributed by atoms with E-state index < -0.39 is 10.8 Å². The van der Waals surface area contributed by atoms with Crippen LogP contribution in [-0.4, -0.2) is 14.1 Å². The lowest BCUT2D eigenvalue weighted by Gasteiger charge is -2.35. The Morgan fingerprint density at radius 3 is 1.62 bits per heavy atom. The normalized spacial score (nSPS) is 12.7. The first kappa shape index (κ1) is 48.1. The van der Waals surface area contributed by atoms with Crippen molar-refractivity contribution in [2.24, 2.45) is 0 Å². The Morgan fingerprint density at radius 2 is 0.986 bits per heavy atom. The van der Waals surface area contributed by atoms with E-state index in [-0.39, 0.29) is 16.2 Å². The Hall–Kier alpha value is -7.50. The van der Waals surface area contributed by atoms with Crippen LogP contribution in [0.2, 0.25) is 0 Å². The van der Waals surface area contributed by atoms with Gasteiger partial charge in [-0.25, -0.2) is 4.98 Å². The van der Waals surface area contributed by atoms with Crippen LogP contribution in [0.5, 0.6) is 11.5 Å². The van der Waals surface area contributed by atoms with Gasteiger partial charge >= 0.3 is 0 Å². The van der Waals surface area contributed by atoms with Gasteiger partial charge in [0.25, 0.3) is 6.33 Å². The van der Waals surface area contributed by atoms with E-state index in [0.29, 0.717) is 0 Å². The molecular weight excluding hydrogens is 877 g/mol. The second-order valence-electron chi connectivity index (χ2n) is 23.2. The Labute approximate surface area is 427 Å². The van der Waals surface area contributed by atoms with Gasteiger partial charge in [-0.2, -0.15) is 0 Å². The van der Waals surface area contributed by atoms with Gasteiger partial charge < -0.3 is 4.74 Å². The molecule has 0 radical (unpaired) electrons. The average molecular weight is 945 g/mol. The molecule has 10 aromatic rings. The predicted molar refractivity (Wildman–Crippen MR) is 298 cm³/mol. The van der Waals surface area contributed by atoms with E-state index in [1.165, 1.54) is 38.8 Å². The van der Waals surface area contributed by atoms with E-state index in [1.54, 1.807) is 0 Å². The zero-order valence-electron chi connectivity index (χ0n) is 44.2. The highest BCUT2D eigenvalue weighted by Crippen LogP contribution is 2.44. The van der Waals surface area contributed by atoms with Gasteiger partial charge in [0.15, 0.2) is 0 Å². The SMILES string of the molecule is CC(C)(C)c1cc(-[n+]2[c-]n(-c3cccc(Oc4ccc5c6ccccc6n(-c6cc(C(C)(C)C)ccn6)c5c4)c3)c(C(C)(C)c3ccccc3)c2C(C)(C)c2ccccc2)cc(C(C)(C)c2ccccc2)c1. The van der Waals surface area contributed by atoms with Gasteiger partial charge in [-0.05, 0) is 105 Å². The fraction of sp³-hybridized carbons (Fsp3) is 0.254. The lowest BCUT2D eigenvalue weighted by molar-refractivity contribution is -0.611. The molecule has 362 valence electrons. The first-order valence-corrected chi connectivity index (χ1v) is 25.5. The molecule has 5 nitrogen and oxygen atoms in total. The maximum absolute atomic E-state index is 6.96. The number of benzene rings is 7. The van der Waals surface area contributed by atoms with E-state index >= 15 is 0 Å². The van der Waals surface area contributed by atoms with Crippen molar-refractivity contribution in [2.75, 3.05) is 0 Å². The third kappa shape index (κ3) is 8.74. The van der Waals surface area contributed by atoms with E-state index in [2.05, 4.69) is 291 Å². The molecule has 0 aliphatic carbocycles. The molecular formula is C67H68N4O. The van der Waals surface area contributed by atoms with Gasteiger partial charge in [0.2, 0.25) is 0 Å². The number of pyridine rings is 1. The van der Waals surface area contributed by atoms with Crippen molar-refractivity contribution in [3.63, 3.8) is 0 Å². The molecule has 3 aromatic heterocycles. The van der Waals surface area contributed by atoms with E-state index in [4.69, 9.17) is 9.72 Å². The van der Waals surface area contributed by atoms with Gasteiger partial charge in [0.1, 0.15) is 17.3 Å². The molecule has 3 heterocycles. The molecule has 5 heteroatoms. The molecule has 10 rings (SSSR count). The Balaban J connectivity index is 1.19. The summed E-state index contributed by atoms with van der Waals surface area (Å²) in [5.41, 5.74) is 12.5. The average Bonchev–Trinajstić information content (AvgIpc) is 3.95. The van der Waals surface area contributed by atoms with Gasteiger partial charge in [-0.1, -0.05) is 204 Å². The third-order valence-electron chi connectivity index (χ3n) is 15.1. The largest absolute Gasteiger partial charge is 0.458 e. The number of hydrogen-bond donors (Lipinski definition) is 0. The minimum atomic E-state index is -0.494. The molecule has 7 aromatic carbocycles. The van der Waals surface area contributed by atoms with Gasteiger partial charge in [-0.15, -0.1) is 0 Å². The second-order valence-corrected chi connectivity index (χ2v) is 23.2. The summed E-state index contributed by atoms with van der Waals surface area (Å²) >= 11 is 0. The zero-order valence-corrected chi connectivity index (χ0v) is 44.2. The molecule has 0 saturated carbocycles. The number of fused-ring (bicyclic) bond motifs is 3. The number of imidazole rings is 1. The molecule has 0 bridgehead atoms. The fourth-order valence-electron chi connectivity index (χ4n) is 10.6. The predicted octanol–water partition coefficient (Wildman–Crippen LogP) is 16.4. The molecule has 0 amide bonds. The summed E-state index contributed by atoms with van der Waals surface area (Å²) in [5.74, 6) is 2.35. The van der Waals surface area contributed by atoms with E-state index in [9.17, 15) is 0 Å². The highest BCUT2D eigenvalue weighted by molar-refractivity contribution is 6.09. The molecule has 0 aliphatic rings. The van der Waals surface area contributed by atoms with Crippen molar-refractivity contribution in [3.05, 3.63) is 245 Å². The van der Waals surface area contributed by atoms with Crippen LogP contribution in [0.4, 0.5) is 0 Å². The Kier molecular flexibility index (Phi) is 12.0. The Morgan fingerprint density at radius 1 is 0.431 bits per heavy atom.